The quantitative estimate of drug-likeness (QED) is 0.406. The van der Waals surface area contributed by atoms with Crippen molar-refractivity contribution in [2.24, 2.45) is 0 Å². The van der Waals surface area contributed by atoms with E-state index in [1.165, 1.54) is 11.8 Å². The highest BCUT2D eigenvalue weighted by molar-refractivity contribution is 7.98. The summed E-state index contributed by atoms with van der Waals surface area (Å²) in [6.07, 6.45) is 3.38. The monoisotopic (exact) mass is 380 g/mol. The van der Waals surface area contributed by atoms with E-state index in [9.17, 15) is 4.79 Å². The fraction of sp³-hybridized carbons (Fsp3) is 0.158. The van der Waals surface area contributed by atoms with Gasteiger partial charge in [0.15, 0.2) is 16.7 Å². The highest BCUT2D eigenvalue weighted by Crippen LogP contribution is 2.32. The maximum Gasteiger partial charge on any atom is 0.291 e. The largest absolute Gasteiger partial charge is 0.451 e. The molecule has 3 aromatic heterocycles. The van der Waals surface area contributed by atoms with Crippen molar-refractivity contribution >= 4 is 34.3 Å². The summed E-state index contributed by atoms with van der Waals surface area (Å²) < 4.78 is 11.0. The van der Waals surface area contributed by atoms with Crippen molar-refractivity contribution in [1.82, 2.24) is 15.1 Å². The summed E-state index contributed by atoms with van der Waals surface area (Å²) in [4.78, 5) is 21.3. The van der Waals surface area contributed by atoms with E-state index in [0.717, 1.165) is 10.9 Å². The van der Waals surface area contributed by atoms with Gasteiger partial charge < -0.3 is 14.3 Å². The van der Waals surface area contributed by atoms with Gasteiger partial charge in [-0.25, -0.2) is 9.97 Å². The van der Waals surface area contributed by atoms with Crippen LogP contribution in [-0.4, -0.2) is 21.0 Å². The van der Waals surface area contributed by atoms with Crippen LogP contribution in [0.15, 0.2) is 56.8 Å². The van der Waals surface area contributed by atoms with Gasteiger partial charge in [-0.05, 0) is 26.0 Å². The van der Waals surface area contributed by atoms with E-state index in [2.05, 4.69) is 20.4 Å². The Morgan fingerprint density at radius 1 is 1.15 bits per heavy atom. The first kappa shape index (κ1) is 17.3. The van der Waals surface area contributed by atoms with Gasteiger partial charge in [0, 0.05) is 29.1 Å². The van der Waals surface area contributed by atoms with E-state index in [4.69, 9.17) is 8.94 Å². The lowest BCUT2D eigenvalue weighted by Crippen LogP contribution is -2.13. The number of fused-ring (bicyclic) bond motifs is 1. The molecule has 136 valence electrons. The maximum atomic E-state index is 12.9. The fourth-order valence-corrected chi connectivity index (χ4v) is 3.58. The first-order valence-electron chi connectivity index (χ1n) is 8.28. The molecule has 3 heterocycles. The minimum atomic E-state index is -0.342. The number of carbonyl (C=O) groups excluding carboxylic acids is 1. The molecule has 4 aromatic rings. The summed E-state index contributed by atoms with van der Waals surface area (Å²) in [5.41, 5.74) is 2.63. The summed E-state index contributed by atoms with van der Waals surface area (Å²) in [6.45, 7) is 3.52. The lowest BCUT2D eigenvalue weighted by Gasteiger charge is -2.05. The van der Waals surface area contributed by atoms with Crippen molar-refractivity contribution < 1.29 is 13.7 Å². The highest BCUT2D eigenvalue weighted by Gasteiger charge is 2.23. The number of rotatable bonds is 5. The average molecular weight is 380 g/mol. The molecule has 8 heteroatoms. The minimum absolute atomic E-state index is 0.264. The third-order valence-electron chi connectivity index (χ3n) is 4.06. The van der Waals surface area contributed by atoms with Crippen LogP contribution >= 0.6 is 11.8 Å². The molecule has 1 N–H and O–H groups in total. The van der Waals surface area contributed by atoms with Crippen LogP contribution in [0.25, 0.3) is 11.0 Å². The summed E-state index contributed by atoms with van der Waals surface area (Å²) in [7, 11) is 0. The molecular weight excluding hydrogens is 364 g/mol. The minimum Gasteiger partial charge on any atom is -0.451 e. The van der Waals surface area contributed by atoms with Gasteiger partial charge in [-0.15, -0.1) is 0 Å². The molecule has 0 spiro atoms. The molecule has 1 amide bonds. The molecule has 0 radical (unpaired) electrons. The molecule has 0 fully saturated rings. The van der Waals surface area contributed by atoms with E-state index >= 15 is 0 Å². The Labute approximate surface area is 159 Å². The molecule has 0 aliphatic rings. The number of benzene rings is 1. The number of aryl methyl sites for hydroxylation is 2. The first-order chi connectivity index (χ1) is 13.1. The van der Waals surface area contributed by atoms with Gasteiger partial charge >= 0.3 is 0 Å². The van der Waals surface area contributed by atoms with Crippen LogP contribution < -0.4 is 5.32 Å². The van der Waals surface area contributed by atoms with Crippen LogP contribution in [0, 0.1) is 13.8 Å². The van der Waals surface area contributed by atoms with Gasteiger partial charge in [0.1, 0.15) is 17.0 Å². The Bertz CT molecular complexity index is 1090. The number of carbonyl (C=O) groups is 1. The molecule has 27 heavy (non-hydrogen) atoms. The number of hydrogen-bond donors (Lipinski definition) is 1. The summed E-state index contributed by atoms with van der Waals surface area (Å²) in [6, 6.07) is 9.34. The van der Waals surface area contributed by atoms with Crippen molar-refractivity contribution in [2.75, 3.05) is 5.32 Å². The zero-order chi connectivity index (χ0) is 18.8. The Morgan fingerprint density at radius 3 is 2.67 bits per heavy atom. The lowest BCUT2D eigenvalue weighted by molar-refractivity contribution is 0.0997. The zero-order valence-corrected chi connectivity index (χ0v) is 15.5. The zero-order valence-electron chi connectivity index (χ0n) is 14.7. The number of para-hydroxylation sites is 1. The van der Waals surface area contributed by atoms with E-state index in [1.807, 2.05) is 24.3 Å². The number of nitrogens with zero attached hydrogens (tertiary/aromatic N) is 3. The van der Waals surface area contributed by atoms with E-state index < -0.39 is 0 Å². The van der Waals surface area contributed by atoms with Gasteiger partial charge in [-0.2, -0.15) is 0 Å². The van der Waals surface area contributed by atoms with Gasteiger partial charge in [0.2, 0.25) is 0 Å². The van der Waals surface area contributed by atoms with Crippen molar-refractivity contribution in [2.45, 2.75) is 24.8 Å². The fourth-order valence-electron chi connectivity index (χ4n) is 2.75. The highest BCUT2D eigenvalue weighted by atomic mass is 32.2. The predicted octanol–water partition coefficient (Wildman–Crippen LogP) is 4.37. The van der Waals surface area contributed by atoms with Crippen LogP contribution in [0.3, 0.4) is 0 Å². The van der Waals surface area contributed by atoms with Gasteiger partial charge in [0.25, 0.3) is 5.91 Å². The molecule has 0 aliphatic heterocycles. The van der Waals surface area contributed by atoms with Crippen LogP contribution in [-0.2, 0) is 5.75 Å². The molecular formula is C19H16N4O3S. The molecule has 0 saturated heterocycles. The molecule has 0 bridgehead atoms. The molecule has 4 rings (SSSR count). The van der Waals surface area contributed by atoms with E-state index in [1.54, 1.807) is 32.3 Å². The second kappa shape index (κ2) is 7.24. The number of hydrogen-bond acceptors (Lipinski definition) is 7. The number of nitrogens with one attached hydrogen (secondary N) is 1. The molecule has 7 nitrogen and oxygen atoms in total. The SMILES string of the molecule is Cc1noc(C)c1NC(=O)c1oc2ccccc2c1CSc1ncccn1. The van der Waals surface area contributed by atoms with Crippen LogP contribution in [0.4, 0.5) is 5.69 Å². The third kappa shape index (κ3) is 3.43. The Kier molecular flexibility index (Phi) is 4.64. The maximum absolute atomic E-state index is 12.9. The molecule has 0 atom stereocenters. The molecule has 0 unspecified atom stereocenters. The van der Waals surface area contributed by atoms with Crippen molar-refractivity contribution in [3.05, 3.63) is 65.5 Å². The molecule has 1 aromatic carbocycles. The smallest absolute Gasteiger partial charge is 0.291 e. The topological polar surface area (TPSA) is 94.1 Å². The second-order valence-corrected chi connectivity index (χ2v) is 6.82. The summed E-state index contributed by atoms with van der Waals surface area (Å²) >= 11 is 1.45. The van der Waals surface area contributed by atoms with Gasteiger partial charge in [0.05, 0.1) is 0 Å². The summed E-state index contributed by atoms with van der Waals surface area (Å²) in [5.74, 6) is 0.973. The van der Waals surface area contributed by atoms with Crippen molar-refractivity contribution in [3.8, 4) is 0 Å². The second-order valence-electron chi connectivity index (χ2n) is 5.88. The van der Waals surface area contributed by atoms with E-state index in [-0.39, 0.29) is 11.7 Å². The van der Waals surface area contributed by atoms with E-state index in [0.29, 0.717) is 33.6 Å². The standard InChI is InChI=1S/C19H16N4O3S/c1-11-16(12(2)26-23-11)22-18(24)17-14(10-27-19-20-8-5-9-21-19)13-6-3-4-7-15(13)25-17/h3-9H,10H2,1-2H3,(H,22,24). The van der Waals surface area contributed by atoms with Crippen molar-refractivity contribution in [3.63, 3.8) is 0 Å². The van der Waals surface area contributed by atoms with Crippen LogP contribution in [0.5, 0.6) is 0 Å². The van der Waals surface area contributed by atoms with Crippen LogP contribution in [0.1, 0.15) is 27.6 Å². The lowest BCUT2D eigenvalue weighted by atomic mass is 10.1. The number of amides is 1. The number of thioether (sulfide) groups is 1. The normalized spacial score (nSPS) is 11.0. The third-order valence-corrected chi connectivity index (χ3v) is 4.97. The van der Waals surface area contributed by atoms with Crippen molar-refractivity contribution in [1.29, 1.82) is 0 Å². The molecule has 0 saturated carbocycles. The number of furan rings is 1. The number of aromatic nitrogens is 3. The Balaban J connectivity index is 1.68. The van der Waals surface area contributed by atoms with Crippen LogP contribution in [0.2, 0.25) is 0 Å². The Hall–Kier alpha value is -3.13. The molecule has 0 aliphatic carbocycles. The number of anilines is 1. The van der Waals surface area contributed by atoms with Gasteiger partial charge in [-0.1, -0.05) is 35.1 Å². The summed E-state index contributed by atoms with van der Waals surface area (Å²) in [5, 5.41) is 8.24. The average Bonchev–Trinajstić information content (AvgIpc) is 3.22. The van der Waals surface area contributed by atoms with Gasteiger partial charge in [-0.3, -0.25) is 4.79 Å². The first-order valence-corrected chi connectivity index (χ1v) is 9.26. The Morgan fingerprint density at radius 2 is 1.93 bits per heavy atom. The predicted molar refractivity (Wildman–Crippen MR) is 102 cm³/mol.